The highest BCUT2D eigenvalue weighted by Gasteiger charge is 2.07. The Kier molecular flexibility index (Phi) is 4.74. The molecule has 1 N–H and O–H groups in total. The number of hydrogen-bond acceptors (Lipinski definition) is 3. The number of nitrogens with zero attached hydrogens (tertiary/aromatic N) is 2. The zero-order chi connectivity index (χ0) is 14.5. The smallest absolute Gasteiger partial charge is 0.207 e. The van der Waals surface area contributed by atoms with Crippen LogP contribution in [0.5, 0.6) is 0 Å². The summed E-state index contributed by atoms with van der Waals surface area (Å²) in [4.78, 5) is 4.47. The summed E-state index contributed by atoms with van der Waals surface area (Å²) in [6.07, 6.45) is 2.92. The summed E-state index contributed by atoms with van der Waals surface area (Å²) >= 11 is 0. The zero-order valence-electron chi connectivity index (χ0n) is 12.1. The van der Waals surface area contributed by atoms with Crippen LogP contribution in [-0.4, -0.2) is 23.3 Å². The maximum Gasteiger partial charge on any atom is 0.207 e. The van der Waals surface area contributed by atoms with Gasteiger partial charge in [0.15, 0.2) is 0 Å². The van der Waals surface area contributed by atoms with E-state index in [0.717, 1.165) is 35.9 Å². The van der Waals surface area contributed by atoms with Gasteiger partial charge in [0.1, 0.15) is 5.82 Å². The van der Waals surface area contributed by atoms with E-state index in [9.17, 15) is 4.39 Å². The van der Waals surface area contributed by atoms with Gasteiger partial charge in [0.25, 0.3) is 0 Å². The average Bonchev–Trinajstić information content (AvgIpc) is 2.73. The molecule has 5 heteroatoms. The first kappa shape index (κ1) is 14.5. The van der Waals surface area contributed by atoms with Crippen molar-refractivity contribution >= 4 is 11.6 Å². The third-order valence-electron chi connectivity index (χ3n) is 3.08. The lowest BCUT2D eigenvalue weighted by molar-refractivity contribution is 0.190. The molecule has 0 bridgehead atoms. The van der Waals surface area contributed by atoms with Crippen molar-refractivity contribution in [3.63, 3.8) is 0 Å². The molecule has 1 aromatic carbocycles. The molecule has 2 rings (SSSR count). The van der Waals surface area contributed by atoms with E-state index in [2.05, 4.69) is 14.9 Å². The number of imidazole rings is 1. The largest absolute Gasteiger partial charge is 0.385 e. The predicted octanol–water partition coefficient (Wildman–Crippen LogP) is 3.42. The topological polar surface area (TPSA) is 39.1 Å². The average molecular weight is 277 g/mol. The minimum Gasteiger partial charge on any atom is -0.385 e. The third-order valence-corrected chi connectivity index (χ3v) is 3.08. The second kappa shape index (κ2) is 6.52. The maximum absolute atomic E-state index is 13.1. The molecule has 0 atom stereocenters. The van der Waals surface area contributed by atoms with E-state index in [0.29, 0.717) is 6.61 Å². The highest BCUT2D eigenvalue weighted by atomic mass is 19.1. The number of halogens is 1. The molecule has 0 aliphatic rings. The van der Waals surface area contributed by atoms with E-state index in [1.165, 1.54) is 12.1 Å². The lowest BCUT2D eigenvalue weighted by atomic mass is 10.2. The fourth-order valence-corrected chi connectivity index (χ4v) is 2.08. The summed E-state index contributed by atoms with van der Waals surface area (Å²) in [6.45, 7) is 5.37. The number of aryl methyl sites for hydroxylation is 3. The molecule has 1 aromatic heterocycles. The van der Waals surface area contributed by atoms with Crippen molar-refractivity contribution in [1.82, 2.24) is 9.55 Å². The monoisotopic (exact) mass is 277 g/mol. The zero-order valence-corrected chi connectivity index (χ0v) is 12.1. The standard InChI is InChI=1S/C15H20FN3O/c1-11-9-13(16)5-6-14(11)18-15-17-12(2)10-19(15)7-4-8-20-3/h5-6,9-10H,4,7-8H2,1-3H3,(H,17,18). The molecular formula is C15H20FN3O. The minimum atomic E-state index is -0.229. The van der Waals surface area contributed by atoms with Gasteiger partial charge in [-0.25, -0.2) is 9.37 Å². The Morgan fingerprint density at radius 2 is 2.15 bits per heavy atom. The number of benzene rings is 1. The van der Waals surface area contributed by atoms with Crippen LogP contribution in [0.4, 0.5) is 16.0 Å². The Bertz CT molecular complexity index is 580. The van der Waals surface area contributed by atoms with E-state index in [1.807, 2.05) is 20.0 Å². The first-order valence-corrected chi connectivity index (χ1v) is 6.66. The van der Waals surface area contributed by atoms with Crippen molar-refractivity contribution in [2.45, 2.75) is 26.8 Å². The van der Waals surface area contributed by atoms with Crippen LogP contribution >= 0.6 is 0 Å². The summed E-state index contributed by atoms with van der Waals surface area (Å²) in [7, 11) is 1.69. The van der Waals surface area contributed by atoms with E-state index in [1.54, 1.807) is 13.2 Å². The van der Waals surface area contributed by atoms with Crippen LogP contribution in [0.2, 0.25) is 0 Å². The molecule has 0 amide bonds. The van der Waals surface area contributed by atoms with Crippen LogP contribution in [0, 0.1) is 19.7 Å². The molecule has 0 saturated carbocycles. The van der Waals surface area contributed by atoms with Crippen molar-refractivity contribution in [3.05, 3.63) is 41.5 Å². The Labute approximate surface area is 118 Å². The van der Waals surface area contributed by atoms with Gasteiger partial charge in [0, 0.05) is 32.1 Å². The second-order valence-corrected chi connectivity index (χ2v) is 4.83. The van der Waals surface area contributed by atoms with E-state index < -0.39 is 0 Å². The Morgan fingerprint density at radius 1 is 1.35 bits per heavy atom. The maximum atomic E-state index is 13.1. The number of ether oxygens (including phenoxy) is 1. The normalized spacial score (nSPS) is 10.8. The molecule has 1 heterocycles. The number of methoxy groups -OCH3 is 1. The van der Waals surface area contributed by atoms with Crippen LogP contribution in [0.1, 0.15) is 17.7 Å². The van der Waals surface area contributed by atoms with Crippen LogP contribution in [0.15, 0.2) is 24.4 Å². The highest BCUT2D eigenvalue weighted by Crippen LogP contribution is 2.21. The van der Waals surface area contributed by atoms with Gasteiger partial charge in [-0.1, -0.05) is 0 Å². The fraction of sp³-hybridized carbons (Fsp3) is 0.400. The summed E-state index contributed by atoms with van der Waals surface area (Å²) in [5.41, 5.74) is 2.67. The number of anilines is 2. The van der Waals surface area contributed by atoms with Crippen molar-refractivity contribution in [2.24, 2.45) is 0 Å². The summed E-state index contributed by atoms with van der Waals surface area (Å²) < 4.78 is 20.2. The molecule has 0 aliphatic carbocycles. The van der Waals surface area contributed by atoms with Gasteiger partial charge in [-0.15, -0.1) is 0 Å². The lowest BCUT2D eigenvalue weighted by Gasteiger charge is -2.11. The molecule has 4 nitrogen and oxygen atoms in total. The van der Waals surface area contributed by atoms with Crippen LogP contribution in [0.3, 0.4) is 0 Å². The lowest BCUT2D eigenvalue weighted by Crippen LogP contribution is -2.06. The van der Waals surface area contributed by atoms with E-state index in [4.69, 9.17) is 4.74 Å². The molecule has 2 aromatic rings. The molecule has 0 aliphatic heterocycles. The summed E-state index contributed by atoms with van der Waals surface area (Å²) in [6, 6.07) is 4.68. The molecule has 0 spiro atoms. The molecule has 0 saturated heterocycles. The van der Waals surface area contributed by atoms with Crippen molar-refractivity contribution in [1.29, 1.82) is 0 Å². The predicted molar refractivity (Wildman–Crippen MR) is 77.9 cm³/mol. The van der Waals surface area contributed by atoms with Gasteiger partial charge in [-0.05, 0) is 44.0 Å². The van der Waals surface area contributed by atoms with Crippen molar-refractivity contribution in [2.75, 3.05) is 19.0 Å². The number of rotatable bonds is 6. The van der Waals surface area contributed by atoms with Crippen LogP contribution < -0.4 is 5.32 Å². The van der Waals surface area contributed by atoms with Gasteiger partial charge in [-0.3, -0.25) is 0 Å². The van der Waals surface area contributed by atoms with E-state index in [-0.39, 0.29) is 5.82 Å². The van der Waals surface area contributed by atoms with Crippen LogP contribution in [-0.2, 0) is 11.3 Å². The molecule has 0 unspecified atom stereocenters. The van der Waals surface area contributed by atoms with Crippen LogP contribution in [0.25, 0.3) is 0 Å². The van der Waals surface area contributed by atoms with Gasteiger partial charge in [0.2, 0.25) is 5.95 Å². The molecule has 20 heavy (non-hydrogen) atoms. The molecule has 0 fully saturated rings. The third kappa shape index (κ3) is 3.57. The Balaban J connectivity index is 2.15. The second-order valence-electron chi connectivity index (χ2n) is 4.83. The highest BCUT2D eigenvalue weighted by molar-refractivity contribution is 5.58. The Hall–Kier alpha value is -1.88. The van der Waals surface area contributed by atoms with Gasteiger partial charge in [0.05, 0.1) is 5.69 Å². The first-order chi connectivity index (χ1) is 9.60. The van der Waals surface area contributed by atoms with Crippen molar-refractivity contribution in [3.8, 4) is 0 Å². The van der Waals surface area contributed by atoms with Gasteiger partial charge in [-0.2, -0.15) is 0 Å². The molecule has 108 valence electrons. The Morgan fingerprint density at radius 3 is 2.85 bits per heavy atom. The number of hydrogen-bond donors (Lipinski definition) is 1. The van der Waals surface area contributed by atoms with Crippen molar-refractivity contribution < 1.29 is 9.13 Å². The fourth-order valence-electron chi connectivity index (χ4n) is 2.08. The SMILES string of the molecule is COCCCn1cc(C)nc1Nc1ccc(F)cc1C. The quantitative estimate of drug-likeness (QED) is 0.822. The number of nitrogens with one attached hydrogen (secondary N) is 1. The minimum absolute atomic E-state index is 0.229. The van der Waals surface area contributed by atoms with Gasteiger partial charge < -0.3 is 14.6 Å². The number of aromatic nitrogens is 2. The van der Waals surface area contributed by atoms with Gasteiger partial charge >= 0.3 is 0 Å². The summed E-state index contributed by atoms with van der Waals surface area (Å²) in [5, 5.41) is 3.26. The first-order valence-electron chi connectivity index (χ1n) is 6.66. The molecule has 0 radical (unpaired) electrons. The van der Waals surface area contributed by atoms with E-state index >= 15 is 0 Å². The summed E-state index contributed by atoms with van der Waals surface area (Å²) in [5.74, 6) is 0.543. The molecular weight excluding hydrogens is 257 g/mol.